The van der Waals surface area contributed by atoms with Crippen molar-refractivity contribution < 1.29 is 14.3 Å². The van der Waals surface area contributed by atoms with Crippen molar-refractivity contribution in [3.8, 4) is 5.75 Å². The minimum atomic E-state index is -0.285. The zero-order valence-corrected chi connectivity index (χ0v) is 18.3. The Morgan fingerprint density at radius 1 is 1.13 bits per heavy atom. The van der Waals surface area contributed by atoms with E-state index < -0.39 is 0 Å². The Morgan fingerprint density at radius 3 is 2.77 bits per heavy atom. The monoisotopic (exact) mass is 460 g/mol. The van der Waals surface area contributed by atoms with Gasteiger partial charge in [-0.3, -0.25) is 9.69 Å². The van der Waals surface area contributed by atoms with E-state index in [1.54, 1.807) is 30.5 Å². The minimum absolute atomic E-state index is 0.115. The summed E-state index contributed by atoms with van der Waals surface area (Å²) in [4.78, 5) is 14.9. The summed E-state index contributed by atoms with van der Waals surface area (Å²) in [7, 11) is 0. The number of nitrogens with one attached hydrogen (secondary N) is 1. The van der Waals surface area contributed by atoms with Crippen molar-refractivity contribution in [1.82, 2.24) is 14.7 Å². The second kappa shape index (κ2) is 10.2. The molecule has 1 saturated heterocycles. The smallest absolute Gasteiger partial charge is 0.276 e. The van der Waals surface area contributed by atoms with Crippen LogP contribution >= 0.6 is 23.2 Å². The van der Waals surface area contributed by atoms with Crippen molar-refractivity contribution in [2.45, 2.75) is 13.3 Å². The molecule has 1 aliphatic rings. The van der Waals surface area contributed by atoms with Gasteiger partial charge in [-0.25, -0.2) is 4.68 Å². The van der Waals surface area contributed by atoms with Gasteiger partial charge in [0, 0.05) is 36.5 Å². The third kappa shape index (κ3) is 5.98. The predicted molar refractivity (Wildman–Crippen MR) is 120 cm³/mol. The van der Waals surface area contributed by atoms with Crippen molar-refractivity contribution in [2.75, 3.05) is 31.6 Å². The maximum absolute atomic E-state index is 12.6. The van der Waals surface area contributed by atoms with Gasteiger partial charge in [0.2, 0.25) is 0 Å². The van der Waals surface area contributed by atoms with Crippen molar-refractivity contribution in [2.24, 2.45) is 0 Å². The molecule has 31 heavy (non-hydrogen) atoms. The molecule has 0 bridgehead atoms. The van der Waals surface area contributed by atoms with Gasteiger partial charge in [0.15, 0.2) is 12.4 Å². The molecular weight excluding hydrogens is 439 g/mol. The molecule has 1 N–H and O–H groups in total. The highest BCUT2D eigenvalue weighted by atomic mass is 35.5. The molecule has 162 valence electrons. The van der Waals surface area contributed by atoms with Crippen molar-refractivity contribution in [1.29, 1.82) is 0 Å². The number of benzene rings is 2. The molecule has 0 radical (unpaired) electrons. The standard InChI is InChI=1S/C22H22Cl2N4O3/c23-17-4-5-21(19(24)13-17)31-15-28-7-6-20(26-28)22(29)25-18-3-1-2-16(12-18)14-27-8-10-30-11-9-27/h1-7,12-13H,8-11,14-15H2,(H,25,29). The molecule has 2 heterocycles. The summed E-state index contributed by atoms with van der Waals surface area (Å²) in [5.41, 5.74) is 2.16. The lowest BCUT2D eigenvalue weighted by Crippen LogP contribution is -2.35. The van der Waals surface area contributed by atoms with Crippen LogP contribution in [-0.4, -0.2) is 46.9 Å². The second-order valence-corrected chi connectivity index (χ2v) is 7.98. The van der Waals surface area contributed by atoms with Crippen LogP contribution in [0.3, 0.4) is 0 Å². The van der Waals surface area contributed by atoms with Gasteiger partial charge < -0.3 is 14.8 Å². The van der Waals surface area contributed by atoms with E-state index in [-0.39, 0.29) is 12.6 Å². The van der Waals surface area contributed by atoms with Crippen molar-refractivity contribution in [3.05, 3.63) is 76.0 Å². The summed E-state index contributed by atoms with van der Waals surface area (Å²) >= 11 is 12.0. The maximum Gasteiger partial charge on any atom is 0.276 e. The summed E-state index contributed by atoms with van der Waals surface area (Å²) in [5.74, 6) is 0.205. The topological polar surface area (TPSA) is 68.6 Å². The Labute approximate surface area is 190 Å². The summed E-state index contributed by atoms with van der Waals surface area (Å²) in [6.45, 7) is 4.28. The first kappa shape index (κ1) is 21.6. The van der Waals surface area contributed by atoms with E-state index in [0.717, 1.165) is 44.1 Å². The van der Waals surface area contributed by atoms with Gasteiger partial charge >= 0.3 is 0 Å². The number of ether oxygens (including phenoxy) is 2. The molecule has 1 amide bonds. The molecule has 9 heteroatoms. The van der Waals surface area contributed by atoms with E-state index in [4.69, 9.17) is 32.7 Å². The van der Waals surface area contributed by atoms with Crippen molar-refractivity contribution >= 4 is 34.8 Å². The largest absolute Gasteiger partial charge is 0.470 e. The number of hydrogen-bond donors (Lipinski definition) is 1. The molecule has 0 saturated carbocycles. The molecule has 1 fully saturated rings. The van der Waals surface area contributed by atoms with E-state index in [0.29, 0.717) is 21.5 Å². The van der Waals surface area contributed by atoms with Crippen LogP contribution in [0, 0.1) is 0 Å². The molecule has 0 atom stereocenters. The molecular formula is C22H22Cl2N4O3. The molecule has 1 aromatic heterocycles. The SMILES string of the molecule is O=C(Nc1cccc(CN2CCOCC2)c1)c1ccn(COc2ccc(Cl)cc2Cl)n1. The molecule has 0 unspecified atom stereocenters. The molecule has 4 rings (SSSR count). The highest BCUT2D eigenvalue weighted by Crippen LogP contribution is 2.27. The Balaban J connectivity index is 1.34. The zero-order valence-electron chi connectivity index (χ0n) is 16.8. The van der Waals surface area contributed by atoms with Gasteiger partial charge in [0.1, 0.15) is 5.75 Å². The van der Waals surface area contributed by atoms with Crippen LogP contribution in [0.5, 0.6) is 5.75 Å². The number of anilines is 1. The first-order valence-corrected chi connectivity index (χ1v) is 10.6. The number of amides is 1. The highest BCUT2D eigenvalue weighted by Gasteiger charge is 2.13. The van der Waals surface area contributed by atoms with Gasteiger partial charge in [-0.15, -0.1) is 0 Å². The Bertz CT molecular complexity index is 1050. The van der Waals surface area contributed by atoms with E-state index in [9.17, 15) is 4.79 Å². The Morgan fingerprint density at radius 2 is 1.97 bits per heavy atom. The van der Waals surface area contributed by atoms with Crippen LogP contribution in [0.4, 0.5) is 5.69 Å². The van der Waals surface area contributed by atoms with Crippen molar-refractivity contribution in [3.63, 3.8) is 0 Å². The number of hydrogen-bond acceptors (Lipinski definition) is 5. The lowest BCUT2D eigenvalue weighted by molar-refractivity contribution is 0.0342. The third-order valence-corrected chi connectivity index (χ3v) is 5.34. The number of carbonyl (C=O) groups is 1. The fraction of sp³-hybridized carbons (Fsp3) is 0.273. The fourth-order valence-corrected chi connectivity index (χ4v) is 3.71. The molecule has 7 nitrogen and oxygen atoms in total. The van der Waals surface area contributed by atoms with E-state index in [1.165, 1.54) is 4.68 Å². The third-order valence-electron chi connectivity index (χ3n) is 4.81. The highest BCUT2D eigenvalue weighted by molar-refractivity contribution is 6.35. The van der Waals surface area contributed by atoms with Crippen LogP contribution in [0.2, 0.25) is 10.0 Å². The molecule has 0 spiro atoms. The van der Waals surface area contributed by atoms with Gasteiger partial charge in [0.25, 0.3) is 5.91 Å². The fourth-order valence-electron chi connectivity index (χ4n) is 3.24. The molecule has 3 aromatic rings. The lowest BCUT2D eigenvalue weighted by atomic mass is 10.2. The first-order chi connectivity index (χ1) is 15.1. The van der Waals surface area contributed by atoms with Gasteiger partial charge in [-0.2, -0.15) is 5.10 Å². The van der Waals surface area contributed by atoms with Gasteiger partial charge in [0.05, 0.1) is 18.2 Å². The van der Waals surface area contributed by atoms with Gasteiger partial charge in [-0.05, 0) is 42.0 Å². The van der Waals surface area contributed by atoms with Crippen LogP contribution < -0.4 is 10.1 Å². The minimum Gasteiger partial charge on any atom is -0.470 e. The maximum atomic E-state index is 12.6. The van der Waals surface area contributed by atoms with E-state index in [1.807, 2.05) is 18.2 Å². The number of nitrogens with zero attached hydrogens (tertiary/aromatic N) is 3. The van der Waals surface area contributed by atoms with Crippen LogP contribution in [-0.2, 0) is 18.0 Å². The number of carbonyl (C=O) groups excluding carboxylic acids is 1. The zero-order chi connectivity index (χ0) is 21.6. The average Bonchev–Trinajstić information content (AvgIpc) is 3.23. The predicted octanol–water partition coefficient (Wildman–Crippen LogP) is 4.31. The number of halogens is 2. The Hall–Kier alpha value is -2.58. The van der Waals surface area contributed by atoms with Crippen LogP contribution in [0.1, 0.15) is 16.1 Å². The summed E-state index contributed by atoms with van der Waals surface area (Å²) in [6.07, 6.45) is 1.67. The number of aromatic nitrogens is 2. The quantitative estimate of drug-likeness (QED) is 0.568. The van der Waals surface area contributed by atoms with Crippen LogP contribution in [0.15, 0.2) is 54.7 Å². The molecule has 1 aliphatic heterocycles. The molecule has 0 aliphatic carbocycles. The van der Waals surface area contributed by atoms with Crippen LogP contribution in [0.25, 0.3) is 0 Å². The second-order valence-electron chi connectivity index (χ2n) is 7.13. The average molecular weight is 461 g/mol. The number of morpholine rings is 1. The normalized spacial score (nSPS) is 14.4. The molecule has 2 aromatic carbocycles. The summed E-state index contributed by atoms with van der Waals surface area (Å²) < 4.78 is 12.6. The number of rotatable bonds is 7. The first-order valence-electron chi connectivity index (χ1n) is 9.88. The van der Waals surface area contributed by atoms with Gasteiger partial charge in [-0.1, -0.05) is 35.3 Å². The summed E-state index contributed by atoms with van der Waals surface area (Å²) in [5, 5.41) is 8.12. The lowest BCUT2D eigenvalue weighted by Gasteiger charge is -2.26. The summed E-state index contributed by atoms with van der Waals surface area (Å²) in [6, 6.07) is 14.5. The Kier molecular flexibility index (Phi) is 7.09. The van der Waals surface area contributed by atoms with E-state index >= 15 is 0 Å². The van der Waals surface area contributed by atoms with E-state index in [2.05, 4.69) is 21.4 Å².